The number of carboxylic acids is 3. The zero-order valence-electron chi connectivity index (χ0n) is 75.0. The molecule has 9 aliphatic heterocycles. The molecule has 0 bridgehead atoms. The van der Waals surface area contributed by atoms with Crippen LogP contribution in [-0.2, 0) is 128 Å². The highest BCUT2D eigenvalue weighted by Gasteiger charge is 2.65. The van der Waals surface area contributed by atoms with Gasteiger partial charge in [-0.2, -0.15) is 0 Å². The molecule has 62 heteroatoms. The summed E-state index contributed by atoms with van der Waals surface area (Å²) < 4.78 is 101. The summed E-state index contributed by atoms with van der Waals surface area (Å²) >= 11 is 0. The molecule has 9 heterocycles. The fourth-order valence-corrected chi connectivity index (χ4v) is 17.6. The molecule has 9 rings (SSSR count). The van der Waals surface area contributed by atoms with Gasteiger partial charge in [-0.05, 0) is 0 Å². The predicted molar refractivity (Wildman–Crippen MR) is 430 cm³/mol. The highest BCUT2D eigenvalue weighted by molar-refractivity contribution is 5.79. The van der Waals surface area contributed by atoms with E-state index >= 15 is 0 Å². The Morgan fingerprint density at radius 1 is 0.288 bits per heavy atom. The Balaban J connectivity index is 1.07. The molecular formula is C77H125N7O55. The van der Waals surface area contributed by atoms with E-state index in [4.69, 9.17) is 80.5 Å². The van der Waals surface area contributed by atoms with Crippen molar-refractivity contribution < 1.29 is 271 Å². The third-order valence-electron chi connectivity index (χ3n) is 24.5. The van der Waals surface area contributed by atoms with E-state index in [1.54, 1.807) is 0 Å². The lowest BCUT2D eigenvalue weighted by Gasteiger charge is -2.51. The van der Waals surface area contributed by atoms with Crippen molar-refractivity contribution in [3.05, 3.63) is 0 Å². The molecule has 0 saturated carbocycles. The number of ether oxygens (including phenoxy) is 17. The smallest absolute Gasteiger partial charge is 0.364 e. The van der Waals surface area contributed by atoms with Crippen LogP contribution in [0.3, 0.4) is 0 Å². The van der Waals surface area contributed by atoms with Crippen LogP contribution in [-0.4, -0.2) is 554 Å². The van der Waals surface area contributed by atoms with Crippen LogP contribution in [0.4, 0.5) is 0 Å². The fraction of sp³-hybridized carbons (Fsp3) is 0.870. The summed E-state index contributed by atoms with van der Waals surface area (Å²) in [5, 5.41) is 331. The van der Waals surface area contributed by atoms with Crippen molar-refractivity contribution in [1.82, 2.24) is 37.2 Å². The van der Waals surface area contributed by atoms with Crippen LogP contribution in [0.2, 0.25) is 0 Å². The van der Waals surface area contributed by atoms with Gasteiger partial charge in [0.25, 0.3) is 17.4 Å². The molecule has 798 valence electrons. The molecule has 0 unspecified atom stereocenters. The number of rotatable bonds is 41. The van der Waals surface area contributed by atoms with Gasteiger partial charge < -0.3 is 261 Å². The van der Waals surface area contributed by atoms with Crippen LogP contribution >= 0.6 is 0 Å². The summed E-state index contributed by atoms with van der Waals surface area (Å²) in [6.45, 7) is -5.59. The molecule has 0 spiro atoms. The molecule has 7 amide bonds. The number of nitrogens with one attached hydrogen (secondary N) is 7. The second-order valence-electron chi connectivity index (χ2n) is 34.7. The van der Waals surface area contributed by atoms with Crippen molar-refractivity contribution in [2.24, 2.45) is 0 Å². The Morgan fingerprint density at radius 3 is 0.813 bits per heavy atom. The van der Waals surface area contributed by atoms with Gasteiger partial charge in [-0.15, -0.1) is 0 Å². The van der Waals surface area contributed by atoms with E-state index in [0.717, 1.165) is 48.5 Å². The number of carboxylic acid groups (broad SMARTS) is 3. The zero-order chi connectivity index (χ0) is 104. The first-order chi connectivity index (χ1) is 65.1. The van der Waals surface area contributed by atoms with Gasteiger partial charge in [0.1, 0.15) is 201 Å². The normalized spacial score (nSPS) is 42.9. The molecule has 62 nitrogen and oxygen atoms in total. The maximum absolute atomic E-state index is 13.6. The number of aliphatic carboxylic acids is 3. The van der Waals surface area contributed by atoms with Crippen LogP contribution in [0.15, 0.2) is 0 Å². The minimum Gasteiger partial charge on any atom is -0.477 e. The average molecular weight is 2030 g/mol. The minimum atomic E-state index is -3.35. The van der Waals surface area contributed by atoms with Gasteiger partial charge in [0.05, 0.1) is 95.9 Å². The average Bonchev–Trinajstić information content (AvgIpc) is 0.753. The first-order valence-electron chi connectivity index (χ1n) is 43.5. The summed E-state index contributed by atoms with van der Waals surface area (Å²) in [6, 6.07) is -13.7. The van der Waals surface area contributed by atoms with E-state index < -0.39 is 431 Å². The molecular weight excluding hydrogens is 1900 g/mol. The highest BCUT2D eigenvalue weighted by Crippen LogP contribution is 2.43. The standard InChI is InChI=1S/C77H125N7O55/c1-20(91)78-39-27(98)8-75(72(117)118,137-61(39)46(104)30(101)11-85)123-17-36-50(108)60(45(66(116)126-36)84-26(7)97)134-68-43(82-24(5)95)54(112)58(34(15-89)128-68)132-71-57(115)65(52(110)38(131-71)19-125-77(74(121)122)10-29(100)41(80-22(3)93)63(139-77)48(106)32(103)13-87)136-69-44(83-25(6)96)55(113)59(35(16-90)129-69)133-70-56(114)64(135-67-42(81-23(4)94)53(111)49(107)33(14-88)127-67)51(109)37(130-70)18-124-76(73(119)120)9-28(99)40(79-21(2)92)62(138-76)47(105)31(102)12-86/h27-71,85-90,98-116H,8-19H2,1-7H3,(H,78,91)(H,79,92)(H,80,93)(H,81,94)(H,82,95)(H,83,96)(H,84,97)(H,117,118)(H,119,120)(H,121,122)/t27-,28-,29-,30+,31+,32+,33+,34+,35+,36+,37+,38+,39+,40+,41+,42+,43+,44+,45+,46+,47+,48+,49+,50-,51-,52-,53+,54+,55+,56+,57+,58+,59+,60+,61+,62+,63+,64-,65-,66-,67-,68-,69-,70-,71-,75+,76+,77+/m0/s1. The van der Waals surface area contributed by atoms with Crippen molar-refractivity contribution in [1.29, 1.82) is 0 Å². The predicted octanol–water partition coefficient (Wildman–Crippen LogP) is -22.0. The van der Waals surface area contributed by atoms with Crippen LogP contribution in [0.1, 0.15) is 67.7 Å². The summed E-state index contributed by atoms with van der Waals surface area (Å²) in [6.07, 6.45) is -91.8. The molecule has 9 fully saturated rings. The second-order valence-corrected chi connectivity index (χ2v) is 34.7. The third kappa shape index (κ3) is 26.5. The van der Waals surface area contributed by atoms with E-state index in [2.05, 4.69) is 37.2 Å². The number of aliphatic hydroxyl groups is 25. The summed E-state index contributed by atoms with van der Waals surface area (Å²) in [5.74, 6) is -23.2. The number of aliphatic hydroxyl groups excluding tert-OH is 25. The lowest BCUT2D eigenvalue weighted by atomic mass is 9.88. The molecule has 9 aliphatic rings. The van der Waals surface area contributed by atoms with Crippen LogP contribution < -0.4 is 37.2 Å². The van der Waals surface area contributed by atoms with E-state index in [1.165, 1.54) is 0 Å². The quantitative estimate of drug-likeness (QED) is 0.0270. The zero-order valence-corrected chi connectivity index (χ0v) is 75.0. The van der Waals surface area contributed by atoms with Crippen molar-refractivity contribution in [3.8, 4) is 0 Å². The minimum absolute atomic E-state index is 0.798. The number of hydrogen-bond acceptors (Lipinski definition) is 52. The molecule has 139 heavy (non-hydrogen) atoms. The van der Waals surface area contributed by atoms with Gasteiger partial charge in [0.2, 0.25) is 41.4 Å². The first kappa shape index (κ1) is 116. The van der Waals surface area contributed by atoms with Crippen LogP contribution in [0.25, 0.3) is 0 Å². The monoisotopic (exact) mass is 2030 g/mol. The Morgan fingerprint density at radius 2 is 0.532 bits per heavy atom. The Hall–Kier alpha value is -6.98. The van der Waals surface area contributed by atoms with Crippen molar-refractivity contribution in [2.75, 3.05) is 59.5 Å². The van der Waals surface area contributed by atoms with Crippen LogP contribution in [0.5, 0.6) is 0 Å². The molecule has 0 aromatic carbocycles. The number of carbonyl (C=O) groups excluding carboxylic acids is 7. The van der Waals surface area contributed by atoms with Gasteiger partial charge in [0, 0.05) is 67.7 Å². The van der Waals surface area contributed by atoms with Crippen molar-refractivity contribution in [3.63, 3.8) is 0 Å². The molecule has 0 radical (unpaired) electrons. The summed E-state index contributed by atoms with van der Waals surface area (Å²) in [5.41, 5.74) is 0. The van der Waals surface area contributed by atoms with Gasteiger partial charge in [-0.1, -0.05) is 0 Å². The van der Waals surface area contributed by atoms with E-state index in [0.29, 0.717) is 0 Å². The fourth-order valence-electron chi connectivity index (χ4n) is 17.6. The molecule has 35 N–H and O–H groups in total. The Kier molecular flexibility index (Phi) is 41.0. The maximum atomic E-state index is 13.6. The molecule has 9 saturated heterocycles. The van der Waals surface area contributed by atoms with E-state index in [1.807, 2.05) is 0 Å². The Labute approximate surface area is 785 Å². The summed E-state index contributed by atoms with van der Waals surface area (Å²) in [7, 11) is 0. The first-order valence-corrected chi connectivity index (χ1v) is 43.5. The second kappa shape index (κ2) is 49.3. The molecule has 0 aliphatic carbocycles. The number of hydrogen-bond donors (Lipinski definition) is 35. The van der Waals surface area contributed by atoms with Gasteiger partial charge in [-0.25, -0.2) is 14.4 Å². The molecule has 0 aromatic heterocycles. The van der Waals surface area contributed by atoms with Crippen molar-refractivity contribution >= 4 is 59.3 Å². The van der Waals surface area contributed by atoms with Crippen LogP contribution in [0, 0.1) is 0 Å². The Bertz CT molecular complexity index is 4090. The summed E-state index contributed by atoms with van der Waals surface area (Å²) in [4.78, 5) is 130. The van der Waals surface area contributed by atoms with Gasteiger partial charge >= 0.3 is 17.9 Å². The molecule has 0 aromatic rings. The maximum Gasteiger partial charge on any atom is 0.364 e. The third-order valence-corrected chi connectivity index (χ3v) is 24.5. The number of carbonyl (C=O) groups is 10. The number of amides is 7. The van der Waals surface area contributed by atoms with E-state index in [-0.39, 0.29) is 0 Å². The largest absolute Gasteiger partial charge is 0.477 e. The van der Waals surface area contributed by atoms with Gasteiger partial charge in [0.15, 0.2) is 37.7 Å². The van der Waals surface area contributed by atoms with E-state index in [9.17, 15) is 191 Å². The topological polar surface area (TPSA) is 978 Å². The lowest BCUT2D eigenvalue weighted by Crippen LogP contribution is -2.71. The molecule has 48 atom stereocenters. The lowest BCUT2D eigenvalue weighted by molar-refractivity contribution is -0.390. The van der Waals surface area contributed by atoms with Crippen molar-refractivity contribution in [2.45, 2.75) is 360 Å². The van der Waals surface area contributed by atoms with Gasteiger partial charge in [-0.3, -0.25) is 33.6 Å². The highest BCUT2D eigenvalue weighted by atomic mass is 16.8. The SMILES string of the molecule is CC(=O)N[C@@H]1[C@@H](O[C@@H]2O[C@H](CO)[C@@H](O[C@@H]3O[C@H](CO[C@]4(C(=O)O)C[C@H](O)[C@@H](NC(C)=O)[C@H]([C@H](O)[C@H](O)CO)O4)[C@H](O)[C@H](O[C@@H]4O[C@H](CO)[C@@H](O[C@@H]5O[C@H](CO[C@]6(C(=O)O)C[C@H](O)[C@@H](NC(C)=O)[C@H]([C@H](O)[C@H](O)CO)O6)[C@H](O)[C@H](O[C@@H]6O[C@H](CO)[C@@H](O)[C@H](O)[C@H]6NC(C)=O)[C@H]5O)[C@H](O)[C@H]4NC(C)=O)[C@H]3O)[C@H](O)[C@H]2NC(C)=O)[C@@H](O)[C@@H](CO[C@]2(C(=O)O)C[C@H](O)[C@@H](NC(C)=O)[C@H]([C@H](O)[C@H](O)CO)O2)O[C@@H]1O.